The van der Waals surface area contributed by atoms with Crippen LogP contribution in [0, 0.1) is 13.8 Å². The van der Waals surface area contributed by atoms with Gasteiger partial charge in [0.15, 0.2) is 5.13 Å². The van der Waals surface area contributed by atoms with Gasteiger partial charge in [-0.15, -0.1) is 11.3 Å². The second kappa shape index (κ2) is 5.53. The van der Waals surface area contributed by atoms with Crippen molar-refractivity contribution < 1.29 is 4.79 Å². The molecule has 0 aliphatic carbocycles. The van der Waals surface area contributed by atoms with E-state index in [1.165, 1.54) is 11.3 Å². The summed E-state index contributed by atoms with van der Waals surface area (Å²) in [5.74, 6) is -0.143. The average Bonchev–Trinajstić information content (AvgIpc) is 3.09. The first-order valence-electron chi connectivity index (χ1n) is 7.08. The van der Waals surface area contributed by atoms with Gasteiger partial charge in [-0.3, -0.25) is 14.2 Å². The second-order valence-corrected chi connectivity index (χ2v) is 6.72. The molecule has 0 unspecified atom stereocenters. The minimum absolute atomic E-state index is 0.143. The molecule has 3 aromatic heterocycles. The van der Waals surface area contributed by atoms with Gasteiger partial charge in [0.2, 0.25) is 5.91 Å². The molecule has 0 spiro atoms. The highest BCUT2D eigenvalue weighted by molar-refractivity contribution is 7.15. The van der Waals surface area contributed by atoms with Crippen molar-refractivity contribution in [3.63, 3.8) is 0 Å². The number of carbonyl (C=O) groups excluding carboxylic acids is 1. The highest BCUT2D eigenvalue weighted by Crippen LogP contribution is 2.21. The number of nitrogens with zero attached hydrogens (tertiary/aromatic N) is 5. The van der Waals surface area contributed by atoms with E-state index in [0.29, 0.717) is 5.13 Å². The molecule has 1 N–H and O–H groups in total. The van der Waals surface area contributed by atoms with Crippen LogP contribution in [0.15, 0.2) is 12.4 Å². The number of rotatable bonds is 4. The predicted octanol–water partition coefficient (Wildman–Crippen LogP) is 2.53. The van der Waals surface area contributed by atoms with E-state index in [4.69, 9.17) is 0 Å². The van der Waals surface area contributed by atoms with Crippen LogP contribution in [0.1, 0.15) is 30.5 Å². The molecule has 0 aromatic carbocycles. The van der Waals surface area contributed by atoms with Crippen LogP contribution in [0.25, 0.3) is 11.0 Å². The highest BCUT2D eigenvalue weighted by Gasteiger charge is 2.17. The summed E-state index contributed by atoms with van der Waals surface area (Å²) in [6.45, 7) is 8.17. The van der Waals surface area contributed by atoms with Crippen LogP contribution in [0.4, 0.5) is 5.13 Å². The van der Waals surface area contributed by atoms with Gasteiger partial charge in [0.25, 0.3) is 0 Å². The first-order valence-corrected chi connectivity index (χ1v) is 7.90. The van der Waals surface area contributed by atoms with Crippen LogP contribution in [0.2, 0.25) is 0 Å². The normalized spacial score (nSPS) is 11.5. The number of nitrogens with one attached hydrogen (secondary N) is 1. The zero-order valence-corrected chi connectivity index (χ0v) is 13.8. The van der Waals surface area contributed by atoms with Crippen LogP contribution >= 0.6 is 11.3 Å². The molecule has 0 atom stereocenters. The van der Waals surface area contributed by atoms with Gasteiger partial charge in [-0.2, -0.15) is 10.2 Å². The fourth-order valence-electron chi connectivity index (χ4n) is 2.40. The Kier molecular flexibility index (Phi) is 3.69. The molecule has 7 nitrogen and oxygen atoms in total. The Bertz CT molecular complexity index is 828. The molecule has 1 amide bonds. The van der Waals surface area contributed by atoms with Crippen molar-refractivity contribution >= 4 is 33.4 Å². The fourth-order valence-corrected chi connectivity index (χ4v) is 3.08. The summed E-state index contributed by atoms with van der Waals surface area (Å²) < 4.78 is 3.61. The van der Waals surface area contributed by atoms with Crippen molar-refractivity contribution in [2.45, 2.75) is 40.3 Å². The Morgan fingerprint density at radius 1 is 1.36 bits per heavy atom. The molecule has 0 fully saturated rings. The number of anilines is 1. The molecule has 116 valence electrons. The van der Waals surface area contributed by atoms with Crippen molar-refractivity contribution in [1.82, 2.24) is 24.5 Å². The Morgan fingerprint density at radius 2 is 2.14 bits per heavy atom. The van der Waals surface area contributed by atoms with Gasteiger partial charge in [-0.05, 0) is 27.7 Å². The largest absolute Gasteiger partial charge is 0.300 e. The summed E-state index contributed by atoms with van der Waals surface area (Å²) in [6, 6.07) is 0.251. The zero-order chi connectivity index (χ0) is 15.9. The number of aromatic nitrogens is 5. The summed E-state index contributed by atoms with van der Waals surface area (Å²) in [6.07, 6.45) is 3.50. The van der Waals surface area contributed by atoms with E-state index in [0.717, 1.165) is 21.6 Å². The van der Waals surface area contributed by atoms with Crippen molar-refractivity contribution in [3.05, 3.63) is 23.0 Å². The maximum atomic E-state index is 12.2. The molecule has 3 rings (SSSR count). The summed E-state index contributed by atoms with van der Waals surface area (Å²) in [4.78, 5) is 17.3. The SMILES string of the molecule is Cc1cnc(NC(=O)Cn2ncc3c2c(C)nn3C(C)C)s1. The molecule has 0 aliphatic rings. The molecule has 8 heteroatoms. The van der Waals surface area contributed by atoms with E-state index in [9.17, 15) is 4.79 Å². The van der Waals surface area contributed by atoms with E-state index in [2.05, 4.69) is 34.3 Å². The molecule has 3 aromatic rings. The van der Waals surface area contributed by atoms with Crippen molar-refractivity contribution in [2.24, 2.45) is 0 Å². The number of fused-ring (bicyclic) bond motifs is 1. The monoisotopic (exact) mass is 318 g/mol. The summed E-state index contributed by atoms with van der Waals surface area (Å²) >= 11 is 1.45. The lowest BCUT2D eigenvalue weighted by molar-refractivity contribution is -0.116. The fraction of sp³-hybridized carbons (Fsp3) is 0.429. The van der Waals surface area contributed by atoms with Gasteiger partial charge >= 0.3 is 0 Å². The molecule has 3 heterocycles. The van der Waals surface area contributed by atoms with Gasteiger partial charge in [-0.1, -0.05) is 0 Å². The molecule has 22 heavy (non-hydrogen) atoms. The molecule has 0 radical (unpaired) electrons. The standard InChI is InChI=1S/C14H18N6OS/c1-8(2)20-11-6-16-19(13(11)10(4)18-20)7-12(21)17-14-15-5-9(3)22-14/h5-6,8H,7H2,1-4H3,(H,15,17,21). The zero-order valence-electron chi connectivity index (χ0n) is 13.0. The first kappa shape index (κ1) is 14.7. The average molecular weight is 318 g/mol. The first-order chi connectivity index (χ1) is 10.5. The highest BCUT2D eigenvalue weighted by atomic mass is 32.1. The predicted molar refractivity (Wildman–Crippen MR) is 86.1 cm³/mol. The summed E-state index contributed by atoms with van der Waals surface area (Å²) in [7, 11) is 0. The minimum Gasteiger partial charge on any atom is -0.300 e. The Balaban J connectivity index is 1.83. The van der Waals surface area contributed by atoms with Crippen LogP contribution in [0.5, 0.6) is 0 Å². The summed E-state index contributed by atoms with van der Waals surface area (Å²) in [5, 5.41) is 12.2. The lowest BCUT2D eigenvalue weighted by Gasteiger charge is -2.04. The Labute approximate surface area is 132 Å². The topological polar surface area (TPSA) is 77.6 Å². The number of hydrogen-bond donors (Lipinski definition) is 1. The van der Waals surface area contributed by atoms with Crippen LogP contribution in [0.3, 0.4) is 0 Å². The molecular weight excluding hydrogens is 300 g/mol. The van der Waals surface area contributed by atoms with Crippen LogP contribution in [-0.4, -0.2) is 30.5 Å². The number of aryl methyl sites for hydroxylation is 2. The van der Waals surface area contributed by atoms with E-state index in [-0.39, 0.29) is 18.5 Å². The van der Waals surface area contributed by atoms with Gasteiger partial charge in [0.05, 0.1) is 11.9 Å². The molecule has 0 aliphatic heterocycles. The van der Waals surface area contributed by atoms with Crippen molar-refractivity contribution in [3.8, 4) is 0 Å². The van der Waals surface area contributed by atoms with Crippen molar-refractivity contribution in [1.29, 1.82) is 0 Å². The lowest BCUT2D eigenvalue weighted by Crippen LogP contribution is -2.19. The van der Waals surface area contributed by atoms with Crippen LogP contribution in [-0.2, 0) is 11.3 Å². The van der Waals surface area contributed by atoms with E-state index in [1.807, 2.05) is 18.5 Å². The summed E-state index contributed by atoms with van der Waals surface area (Å²) in [5.41, 5.74) is 2.73. The number of carbonyl (C=O) groups is 1. The molecule has 0 saturated heterocycles. The number of hydrogen-bond acceptors (Lipinski definition) is 5. The Hall–Kier alpha value is -2.22. The van der Waals surface area contributed by atoms with E-state index in [1.54, 1.807) is 17.1 Å². The third kappa shape index (κ3) is 2.61. The smallest absolute Gasteiger partial charge is 0.247 e. The van der Waals surface area contributed by atoms with Gasteiger partial charge in [-0.25, -0.2) is 4.98 Å². The molecule has 0 bridgehead atoms. The third-order valence-electron chi connectivity index (χ3n) is 3.32. The van der Waals surface area contributed by atoms with Crippen LogP contribution < -0.4 is 5.32 Å². The maximum Gasteiger partial charge on any atom is 0.247 e. The van der Waals surface area contributed by atoms with Gasteiger partial charge < -0.3 is 5.32 Å². The molecular formula is C14H18N6OS. The lowest BCUT2D eigenvalue weighted by atomic mass is 10.3. The molecule has 0 saturated carbocycles. The van der Waals surface area contributed by atoms with Crippen molar-refractivity contribution in [2.75, 3.05) is 5.32 Å². The quantitative estimate of drug-likeness (QED) is 0.802. The Morgan fingerprint density at radius 3 is 2.77 bits per heavy atom. The van der Waals surface area contributed by atoms with E-state index >= 15 is 0 Å². The van der Waals surface area contributed by atoms with Gasteiger partial charge in [0, 0.05) is 17.1 Å². The number of amides is 1. The van der Waals surface area contributed by atoms with Gasteiger partial charge in [0.1, 0.15) is 17.6 Å². The van der Waals surface area contributed by atoms with E-state index < -0.39 is 0 Å². The second-order valence-electron chi connectivity index (χ2n) is 5.48. The number of thiazole rings is 1. The third-order valence-corrected chi connectivity index (χ3v) is 4.15. The maximum absolute atomic E-state index is 12.2. The minimum atomic E-state index is -0.143.